The second-order valence-electron chi connectivity index (χ2n) is 12.2. The van der Waals surface area contributed by atoms with E-state index in [9.17, 15) is 9.59 Å². The Labute approximate surface area is 242 Å². The van der Waals surface area contributed by atoms with E-state index >= 15 is 0 Å². The number of hydrogen-bond acceptors (Lipinski definition) is 6. The third kappa shape index (κ3) is 10.2. The van der Waals surface area contributed by atoms with Gasteiger partial charge in [0.15, 0.2) is 0 Å². The number of amides is 2. The number of hydrogen-bond donors (Lipinski definition) is 2. The molecule has 2 rings (SSSR count). The van der Waals surface area contributed by atoms with Crippen molar-refractivity contribution in [2.24, 2.45) is 0 Å². The van der Waals surface area contributed by atoms with Crippen LogP contribution in [0.25, 0.3) is 11.1 Å². The molecule has 2 N–H and O–H groups in total. The van der Waals surface area contributed by atoms with Gasteiger partial charge in [-0.3, -0.25) is 10.6 Å². The normalized spacial score (nSPS) is 12.7. The van der Waals surface area contributed by atoms with Gasteiger partial charge in [0.25, 0.3) is 0 Å². The van der Waals surface area contributed by atoms with E-state index in [2.05, 4.69) is 50.6 Å². The summed E-state index contributed by atoms with van der Waals surface area (Å²) in [7, 11) is 0. The van der Waals surface area contributed by atoms with Crippen molar-refractivity contribution >= 4 is 56.0 Å². The maximum Gasteiger partial charge on any atom is 0.412 e. The lowest BCUT2D eigenvalue weighted by molar-refractivity contribution is 0.0402. The van der Waals surface area contributed by atoms with Gasteiger partial charge in [0.05, 0.1) is 0 Å². The highest BCUT2D eigenvalue weighted by molar-refractivity contribution is 7.17. The molecule has 39 heavy (non-hydrogen) atoms. The van der Waals surface area contributed by atoms with E-state index in [1.54, 1.807) is 11.3 Å². The van der Waals surface area contributed by atoms with Crippen molar-refractivity contribution in [3.63, 3.8) is 0 Å². The minimum Gasteiger partial charge on any atom is -0.444 e. The molecule has 2 aromatic rings. The maximum atomic E-state index is 12.8. The lowest BCUT2D eigenvalue weighted by Crippen LogP contribution is -2.30. The molecule has 0 saturated heterocycles. The van der Waals surface area contributed by atoms with Crippen LogP contribution < -0.4 is 10.6 Å². The molecule has 2 aromatic heterocycles. The average Bonchev–Trinajstić information content (AvgIpc) is 3.36. The Morgan fingerprint density at radius 3 is 2.03 bits per heavy atom. The number of carbonyl (C=O) groups is 2. The Balaban J connectivity index is 1.97. The first-order valence-corrected chi connectivity index (χ1v) is 15.1. The summed E-state index contributed by atoms with van der Waals surface area (Å²) >= 11 is 3.08. The van der Waals surface area contributed by atoms with Gasteiger partial charge in [-0.2, -0.15) is 0 Å². The number of carbonyl (C=O) groups excluding carboxylic acids is 2. The van der Waals surface area contributed by atoms with Gasteiger partial charge < -0.3 is 9.47 Å². The van der Waals surface area contributed by atoms with Crippen LogP contribution in [0.3, 0.4) is 0 Å². The largest absolute Gasteiger partial charge is 0.444 e. The predicted molar refractivity (Wildman–Crippen MR) is 168 cm³/mol. The summed E-state index contributed by atoms with van der Waals surface area (Å²) in [4.78, 5) is 27.4. The van der Waals surface area contributed by atoms with E-state index < -0.39 is 23.4 Å². The predicted octanol–water partition coefficient (Wildman–Crippen LogP) is 10.6. The Morgan fingerprint density at radius 2 is 1.49 bits per heavy atom. The molecule has 0 spiro atoms. The Morgan fingerprint density at radius 1 is 0.897 bits per heavy atom. The van der Waals surface area contributed by atoms with Crippen molar-refractivity contribution in [3.8, 4) is 0 Å². The molecular weight excluding hydrogens is 528 g/mol. The molecule has 0 aliphatic carbocycles. The smallest absolute Gasteiger partial charge is 0.412 e. The van der Waals surface area contributed by atoms with Crippen LogP contribution in [0.2, 0.25) is 0 Å². The first-order chi connectivity index (χ1) is 17.9. The van der Waals surface area contributed by atoms with Gasteiger partial charge in [0, 0.05) is 15.3 Å². The van der Waals surface area contributed by atoms with E-state index in [4.69, 9.17) is 9.47 Å². The number of nitrogens with one attached hydrogen (secondary N) is 2. The molecule has 0 aromatic carbocycles. The van der Waals surface area contributed by atoms with Crippen molar-refractivity contribution in [2.75, 3.05) is 10.6 Å². The second kappa shape index (κ2) is 13.2. The summed E-state index contributed by atoms with van der Waals surface area (Å²) in [6, 6.07) is 4.20. The molecule has 6 nitrogen and oxygen atoms in total. The molecule has 0 bridgehead atoms. The zero-order chi connectivity index (χ0) is 29.7. The molecule has 1 unspecified atom stereocenters. The average molecular weight is 575 g/mol. The van der Waals surface area contributed by atoms with Gasteiger partial charge in [-0.05, 0) is 108 Å². The third-order valence-electron chi connectivity index (χ3n) is 6.12. The molecule has 2 heterocycles. The van der Waals surface area contributed by atoms with Crippen LogP contribution in [0.5, 0.6) is 0 Å². The topological polar surface area (TPSA) is 76.7 Å². The van der Waals surface area contributed by atoms with Crippen LogP contribution in [0.1, 0.15) is 121 Å². The number of anilines is 2. The van der Waals surface area contributed by atoms with Crippen molar-refractivity contribution < 1.29 is 19.1 Å². The maximum absolute atomic E-state index is 12.8. The fourth-order valence-electron chi connectivity index (χ4n) is 4.00. The molecular formula is C31H46N2O4S2. The van der Waals surface area contributed by atoms with Crippen LogP contribution in [0, 0.1) is 0 Å². The Bertz CT molecular complexity index is 1200. The fourth-order valence-corrected chi connectivity index (χ4v) is 6.33. The van der Waals surface area contributed by atoms with Gasteiger partial charge >= 0.3 is 12.2 Å². The summed E-state index contributed by atoms with van der Waals surface area (Å²) in [6.45, 7) is 27.8. The van der Waals surface area contributed by atoms with E-state index in [1.165, 1.54) is 16.2 Å². The molecule has 1 atom stereocenters. The van der Waals surface area contributed by atoms with E-state index in [1.807, 2.05) is 54.5 Å². The third-order valence-corrected chi connectivity index (χ3v) is 8.63. The quantitative estimate of drug-likeness (QED) is 0.280. The highest BCUT2D eigenvalue weighted by Crippen LogP contribution is 2.39. The van der Waals surface area contributed by atoms with Gasteiger partial charge in [0.2, 0.25) is 0 Å². The molecule has 2 amide bonds. The number of thiophene rings is 2. The van der Waals surface area contributed by atoms with Crippen LogP contribution in [-0.2, 0) is 9.47 Å². The zero-order valence-electron chi connectivity index (χ0n) is 25.3. The van der Waals surface area contributed by atoms with Crippen LogP contribution in [0.4, 0.5) is 19.6 Å². The van der Waals surface area contributed by atoms with Crippen molar-refractivity contribution in [3.05, 3.63) is 46.2 Å². The first kappa shape index (κ1) is 32.6. The number of allylic oxidation sites excluding steroid dienone is 2. The van der Waals surface area contributed by atoms with Gasteiger partial charge in [0.1, 0.15) is 21.2 Å². The SMILES string of the molecule is C=C(C)c1cc(C(=C)C)c(NC(=O)OC(C)(C)CCCC(C)c2cc(C(C)C)c(NC(=O)OC(C)(C)C)s2)s1. The standard InChI is InChI=1S/C31H46N2O4S2/c1-18(2)22-16-24(20(5)6)38-26(22)33-29(35)37-31(11,12)15-13-14-21(7)25-17-23(19(3)4)27(39-25)32-28(34)36-30(8,9)10/h16-17,19,21H,1,5,13-15H2,2-4,6-12H3,(H,32,34)(H,33,35). The van der Waals surface area contributed by atoms with Gasteiger partial charge in [-0.1, -0.05) is 33.9 Å². The highest BCUT2D eigenvalue weighted by Gasteiger charge is 2.25. The molecule has 0 radical (unpaired) electrons. The summed E-state index contributed by atoms with van der Waals surface area (Å²) in [5.41, 5.74) is 2.66. The molecule has 0 aliphatic rings. The summed E-state index contributed by atoms with van der Waals surface area (Å²) in [5.74, 6) is 0.578. The lowest BCUT2D eigenvalue weighted by atomic mass is 9.95. The second-order valence-corrected chi connectivity index (χ2v) is 14.3. The van der Waals surface area contributed by atoms with Crippen molar-refractivity contribution in [1.29, 1.82) is 0 Å². The monoisotopic (exact) mass is 574 g/mol. The zero-order valence-corrected chi connectivity index (χ0v) is 26.9. The van der Waals surface area contributed by atoms with E-state index in [0.717, 1.165) is 56.4 Å². The summed E-state index contributed by atoms with van der Waals surface area (Å²) in [5, 5.41) is 7.43. The minimum absolute atomic E-state index is 0.276. The van der Waals surface area contributed by atoms with E-state index in [0.29, 0.717) is 5.92 Å². The van der Waals surface area contributed by atoms with Crippen LogP contribution >= 0.6 is 22.7 Å². The molecule has 0 fully saturated rings. The van der Waals surface area contributed by atoms with Crippen LogP contribution in [-0.4, -0.2) is 23.4 Å². The van der Waals surface area contributed by atoms with E-state index in [-0.39, 0.29) is 5.92 Å². The highest BCUT2D eigenvalue weighted by atomic mass is 32.1. The van der Waals surface area contributed by atoms with Gasteiger partial charge in [-0.15, -0.1) is 22.7 Å². The van der Waals surface area contributed by atoms with Gasteiger partial charge in [-0.25, -0.2) is 9.59 Å². The van der Waals surface area contributed by atoms with Crippen molar-refractivity contribution in [2.45, 2.75) is 112 Å². The molecule has 216 valence electrons. The molecule has 0 aliphatic heterocycles. The van der Waals surface area contributed by atoms with Crippen molar-refractivity contribution in [1.82, 2.24) is 0 Å². The summed E-state index contributed by atoms with van der Waals surface area (Å²) < 4.78 is 11.3. The molecule has 8 heteroatoms. The summed E-state index contributed by atoms with van der Waals surface area (Å²) in [6.07, 6.45) is 1.65. The Hall–Kier alpha value is -2.58. The van der Waals surface area contributed by atoms with Crippen LogP contribution in [0.15, 0.2) is 25.3 Å². The number of ether oxygens (including phenoxy) is 2. The fraction of sp³-hybridized carbons (Fsp3) is 0.548. The Kier molecular flexibility index (Phi) is 11.0. The lowest BCUT2D eigenvalue weighted by Gasteiger charge is -2.25. The number of rotatable bonds is 11. The minimum atomic E-state index is -0.621. The first-order valence-electron chi connectivity index (χ1n) is 13.5. The molecule has 0 saturated carbocycles.